The van der Waals surface area contributed by atoms with Crippen molar-refractivity contribution in [1.82, 2.24) is 4.98 Å². The van der Waals surface area contributed by atoms with Gasteiger partial charge in [0.2, 0.25) is 5.91 Å². The Bertz CT molecular complexity index is 1070. The molecule has 0 saturated carbocycles. The topological polar surface area (TPSA) is 108 Å². The molecule has 0 saturated heterocycles. The van der Waals surface area contributed by atoms with Crippen LogP contribution in [-0.4, -0.2) is 27.9 Å². The zero-order valence-corrected chi connectivity index (χ0v) is 15.1. The minimum absolute atomic E-state index is 0.00674. The third kappa shape index (κ3) is 5.01. The molecule has 0 unspecified atom stereocenters. The fourth-order valence-corrected chi connectivity index (χ4v) is 2.65. The molecule has 0 atom stereocenters. The van der Waals surface area contributed by atoms with Crippen LogP contribution in [0.2, 0.25) is 0 Å². The van der Waals surface area contributed by atoms with Gasteiger partial charge in [-0.25, -0.2) is 9.18 Å². The first kappa shape index (κ1) is 19.7. The largest absolute Gasteiger partial charge is 0.478 e. The number of aromatic carboxylic acids is 1. The lowest BCUT2D eigenvalue weighted by atomic mass is 10.0. The number of carbonyl (C=O) groups is 3. The normalized spacial score (nSPS) is 10.2. The van der Waals surface area contributed by atoms with Crippen LogP contribution in [-0.2, 0) is 11.2 Å². The number of aromatic nitrogens is 1. The van der Waals surface area contributed by atoms with Gasteiger partial charge < -0.3 is 15.7 Å². The van der Waals surface area contributed by atoms with Crippen LogP contribution in [0.3, 0.4) is 0 Å². The maximum atomic E-state index is 14.1. The number of anilines is 2. The molecule has 2 aromatic carbocycles. The molecule has 0 fully saturated rings. The molecular weight excluding hydrogens is 377 g/mol. The van der Waals surface area contributed by atoms with E-state index in [0.29, 0.717) is 11.3 Å². The molecule has 0 bridgehead atoms. The van der Waals surface area contributed by atoms with Gasteiger partial charge in [0.25, 0.3) is 5.91 Å². The van der Waals surface area contributed by atoms with Gasteiger partial charge in [-0.3, -0.25) is 14.6 Å². The van der Waals surface area contributed by atoms with E-state index in [2.05, 4.69) is 15.6 Å². The minimum atomic E-state index is -1.16. The van der Waals surface area contributed by atoms with Crippen LogP contribution >= 0.6 is 0 Å². The summed E-state index contributed by atoms with van der Waals surface area (Å²) in [5.41, 5.74) is 0.715. The Labute approximate surface area is 165 Å². The number of amides is 2. The van der Waals surface area contributed by atoms with E-state index in [1.807, 2.05) is 0 Å². The number of carboxylic acids is 1. The summed E-state index contributed by atoms with van der Waals surface area (Å²) in [5.74, 6) is -2.98. The molecule has 8 heteroatoms. The van der Waals surface area contributed by atoms with Crippen LogP contribution in [0, 0.1) is 5.82 Å². The molecular formula is C21H16FN3O4. The van der Waals surface area contributed by atoms with E-state index in [1.54, 1.807) is 30.5 Å². The average molecular weight is 393 g/mol. The lowest BCUT2D eigenvalue weighted by Crippen LogP contribution is -2.18. The molecule has 1 heterocycles. The van der Waals surface area contributed by atoms with E-state index < -0.39 is 23.6 Å². The fraction of sp³-hybridized carbons (Fsp3) is 0.0476. The van der Waals surface area contributed by atoms with E-state index in [4.69, 9.17) is 0 Å². The van der Waals surface area contributed by atoms with Crippen molar-refractivity contribution in [2.24, 2.45) is 0 Å². The molecule has 3 rings (SSSR count). The zero-order valence-electron chi connectivity index (χ0n) is 15.1. The first-order chi connectivity index (χ1) is 13.9. The van der Waals surface area contributed by atoms with Gasteiger partial charge in [0, 0.05) is 11.8 Å². The van der Waals surface area contributed by atoms with E-state index in [1.165, 1.54) is 30.5 Å². The summed E-state index contributed by atoms with van der Waals surface area (Å²) in [7, 11) is 0. The molecule has 2 amide bonds. The van der Waals surface area contributed by atoms with Crippen LogP contribution in [0.1, 0.15) is 26.3 Å². The maximum absolute atomic E-state index is 14.1. The Balaban J connectivity index is 1.74. The molecule has 7 nitrogen and oxygen atoms in total. The zero-order chi connectivity index (χ0) is 20.8. The molecule has 146 valence electrons. The number of hydrogen-bond acceptors (Lipinski definition) is 4. The van der Waals surface area contributed by atoms with Gasteiger partial charge in [-0.15, -0.1) is 0 Å². The van der Waals surface area contributed by atoms with Crippen molar-refractivity contribution >= 4 is 29.2 Å². The molecule has 29 heavy (non-hydrogen) atoms. The van der Waals surface area contributed by atoms with Crippen molar-refractivity contribution in [1.29, 1.82) is 0 Å². The second-order valence-electron chi connectivity index (χ2n) is 6.08. The summed E-state index contributed by atoms with van der Waals surface area (Å²) in [6.07, 6.45) is 2.77. The number of nitrogens with zero attached hydrogens (tertiary/aromatic N) is 1. The van der Waals surface area contributed by atoms with Gasteiger partial charge in [0.05, 0.1) is 29.6 Å². The van der Waals surface area contributed by atoms with Crippen LogP contribution < -0.4 is 10.6 Å². The molecule has 0 spiro atoms. The first-order valence-electron chi connectivity index (χ1n) is 8.56. The van der Waals surface area contributed by atoms with Gasteiger partial charge >= 0.3 is 5.97 Å². The third-order valence-electron chi connectivity index (χ3n) is 4.02. The molecule has 0 radical (unpaired) electrons. The SMILES string of the molecule is O=C(Cc1ccccc1C(=O)O)Nc1cc(C(=O)Nc2cccnc2)ccc1F. The van der Waals surface area contributed by atoms with E-state index in [-0.39, 0.29) is 23.2 Å². The van der Waals surface area contributed by atoms with Crippen molar-refractivity contribution < 1.29 is 23.9 Å². The standard InChI is InChI=1S/C21H16FN3O4/c22-17-8-7-14(20(27)24-15-5-3-9-23-12-15)10-18(17)25-19(26)11-13-4-1-2-6-16(13)21(28)29/h1-10,12H,11H2,(H,24,27)(H,25,26)(H,28,29). The molecule has 3 aromatic rings. The second kappa shape index (κ2) is 8.75. The highest BCUT2D eigenvalue weighted by atomic mass is 19.1. The van der Waals surface area contributed by atoms with Crippen LogP contribution in [0.4, 0.5) is 15.8 Å². The van der Waals surface area contributed by atoms with E-state index >= 15 is 0 Å². The fourth-order valence-electron chi connectivity index (χ4n) is 2.65. The number of carboxylic acid groups (broad SMARTS) is 1. The smallest absolute Gasteiger partial charge is 0.335 e. The summed E-state index contributed by atoms with van der Waals surface area (Å²) in [4.78, 5) is 39.8. The first-order valence-corrected chi connectivity index (χ1v) is 8.56. The molecule has 1 aromatic heterocycles. The quantitative estimate of drug-likeness (QED) is 0.595. The van der Waals surface area contributed by atoms with Crippen LogP contribution in [0.25, 0.3) is 0 Å². The van der Waals surface area contributed by atoms with Crippen molar-refractivity contribution in [3.63, 3.8) is 0 Å². The van der Waals surface area contributed by atoms with Gasteiger partial charge in [0.15, 0.2) is 0 Å². The molecule has 0 aliphatic rings. The highest BCUT2D eigenvalue weighted by Gasteiger charge is 2.15. The van der Waals surface area contributed by atoms with Gasteiger partial charge in [-0.1, -0.05) is 18.2 Å². The van der Waals surface area contributed by atoms with Gasteiger partial charge in [-0.05, 0) is 42.0 Å². The lowest BCUT2D eigenvalue weighted by molar-refractivity contribution is -0.115. The Morgan fingerprint density at radius 3 is 2.52 bits per heavy atom. The number of pyridine rings is 1. The minimum Gasteiger partial charge on any atom is -0.478 e. The number of hydrogen-bond donors (Lipinski definition) is 3. The Morgan fingerprint density at radius 2 is 1.79 bits per heavy atom. The Morgan fingerprint density at radius 1 is 1.00 bits per heavy atom. The molecule has 0 aliphatic heterocycles. The summed E-state index contributed by atoms with van der Waals surface area (Å²) >= 11 is 0. The summed E-state index contributed by atoms with van der Waals surface area (Å²) < 4.78 is 14.1. The predicted octanol–water partition coefficient (Wildman–Crippen LogP) is 3.35. The van der Waals surface area contributed by atoms with Crippen LogP contribution in [0.5, 0.6) is 0 Å². The number of rotatable bonds is 6. The van der Waals surface area contributed by atoms with Crippen molar-refractivity contribution in [2.75, 3.05) is 10.6 Å². The average Bonchev–Trinajstić information content (AvgIpc) is 2.70. The maximum Gasteiger partial charge on any atom is 0.335 e. The predicted molar refractivity (Wildman–Crippen MR) is 104 cm³/mol. The Hall–Kier alpha value is -4.07. The number of carbonyl (C=O) groups excluding carboxylic acids is 2. The lowest BCUT2D eigenvalue weighted by Gasteiger charge is -2.10. The van der Waals surface area contributed by atoms with Crippen molar-refractivity contribution in [3.8, 4) is 0 Å². The van der Waals surface area contributed by atoms with E-state index in [9.17, 15) is 23.9 Å². The highest BCUT2D eigenvalue weighted by Crippen LogP contribution is 2.18. The third-order valence-corrected chi connectivity index (χ3v) is 4.02. The number of benzene rings is 2. The van der Waals surface area contributed by atoms with Gasteiger partial charge in [-0.2, -0.15) is 0 Å². The summed E-state index contributed by atoms with van der Waals surface area (Å²) in [5, 5.41) is 14.2. The van der Waals surface area contributed by atoms with Gasteiger partial charge in [0.1, 0.15) is 5.82 Å². The number of nitrogens with one attached hydrogen (secondary N) is 2. The molecule has 3 N–H and O–H groups in total. The monoisotopic (exact) mass is 393 g/mol. The number of halogens is 1. The summed E-state index contributed by atoms with van der Waals surface area (Å²) in [6.45, 7) is 0. The van der Waals surface area contributed by atoms with Crippen molar-refractivity contribution in [3.05, 3.63) is 89.5 Å². The highest BCUT2D eigenvalue weighted by molar-refractivity contribution is 6.05. The summed E-state index contributed by atoms with van der Waals surface area (Å²) in [6, 6.07) is 12.9. The van der Waals surface area contributed by atoms with E-state index in [0.717, 1.165) is 6.07 Å². The molecule has 0 aliphatic carbocycles. The van der Waals surface area contributed by atoms with Crippen molar-refractivity contribution in [2.45, 2.75) is 6.42 Å². The second-order valence-corrected chi connectivity index (χ2v) is 6.08. The van der Waals surface area contributed by atoms with Crippen LogP contribution in [0.15, 0.2) is 67.0 Å². The Kier molecular flexibility index (Phi) is 5.94.